The van der Waals surface area contributed by atoms with Crippen molar-refractivity contribution in [3.05, 3.63) is 58.5 Å². The van der Waals surface area contributed by atoms with E-state index in [4.69, 9.17) is 0 Å². The van der Waals surface area contributed by atoms with Gasteiger partial charge in [0.2, 0.25) is 0 Å². The summed E-state index contributed by atoms with van der Waals surface area (Å²) >= 11 is 3.27. The molecule has 0 aliphatic carbocycles. The van der Waals surface area contributed by atoms with Gasteiger partial charge in [0.25, 0.3) is 0 Å². The fourth-order valence-corrected chi connectivity index (χ4v) is 4.41. The quantitative estimate of drug-likeness (QED) is 0.597. The SMILES string of the molecule is OC(CCc1nc2ccccc2s1)c1nc2ccccc2s1. The van der Waals surface area contributed by atoms with E-state index in [1.165, 1.54) is 4.70 Å². The van der Waals surface area contributed by atoms with Crippen LogP contribution in [0.1, 0.15) is 22.5 Å². The normalized spacial score (nSPS) is 13.0. The molecule has 1 N–H and O–H groups in total. The van der Waals surface area contributed by atoms with Crippen LogP contribution in [0.15, 0.2) is 48.5 Å². The number of aliphatic hydroxyl groups is 1. The third-order valence-corrected chi connectivity index (χ3v) is 5.80. The van der Waals surface area contributed by atoms with Crippen LogP contribution in [0.25, 0.3) is 20.4 Å². The molecule has 110 valence electrons. The predicted molar refractivity (Wildman–Crippen MR) is 92.5 cm³/mol. The van der Waals surface area contributed by atoms with Gasteiger partial charge in [-0.15, -0.1) is 22.7 Å². The number of nitrogens with zero attached hydrogens (tertiary/aromatic N) is 2. The molecule has 0 saturated heterocycles. The van der Waals surface area contributed by atoms with E-state index >= 15 is 0 Å². The molecular weight excluding hydrogens is 312 g/mol. The van der Waals surface area contributed by atoms with Gasteiger partial charge in [0.15, 0.2) is 0 Å². The molecule has 0 amide bonds. The van der Waals surface area contributed by atoms with Crippen LogP contribution >= 0.6 is 22.7 Å². The zero-order valence-electron chi connectivity index (χ0n) is 11.8. The minimum absolute atomic E-state index is 0.524. The Hall–Kier alpha value is -1.82. The van der Waals surface area contributed by atoms with Crippen molar-refractivity contribution in [3.63, 3.8) is 0 Å². The van der Waals surface area contributed by atoms with Crippen LogP contribution in [0.4, 0.5) is 0 Å². The summed E-state index contributed by atoms with van der Waals surface area (Å²) in [4.78, 5) is 9.13. The molecule has 5 heteroatoms. The molecule has 0 aliphatic rings. The first kappa shape index (κ1) is 13.8. The number of aryl methyl sites for hydroxylation is 1. The topological polar surface area (TPSA) is 46.0 Å². The van der Waals surface area contributed by atoms with E-state index in [1.807, 2.05) is 42.5 Å². The lowest BCUT2D eigenvalue weighted by molar-refractivity contribution is 0.167. The van der Waals surface area contributed by atoms with Crippen molar-refractivity contribution in [1.82, 2.24) is 9.97 Å². The molecule has 0 aliphatic heterocycles. The summed E-state index contributed by atoms with van der Waals surface area (Å²) in [6.07, 6.45) is 0.903. The Bertz CT molecular complexity index is 862. The Kier molecular flexibility index (Phi) is 3.62. The molecule has 0 radical (unpaired) electrons. The van der Waals surface area contributed by atoms with Crippen LogP contribution in [0.2, 0.25) is 0 Å². The standard InChI is InChI=1S/C17H14N2OS2/c20-13(17-19-12-6-2-4-8-15(12)22-17)9-10-16-18-11-5-1-3-7-14(11)21-16/h1-8,13,20H,9-10H2. The molecule has 1 unspecified atom stereocenters. The molecule has 4 aromatic rings. The number of para-hydroxylation sites is 2. The van der Waals surface area contributed by atoms with E-state index in [1.54, 1.807) is 22.7 Å². The number of thiazole rings is 2. The lowest BCUT2D eigenvalue weighted by Crippen LogP contribution is -1.98. The number of aromatic nitrogens is 2. The molecule has 0 bridgehead atoms. The minimum atomic E-state index is -0.524. The van der Waals surface area contributed by atoms with E-state index in [2.05, 4.69) is 16.0 Å². The monoisotopic (exact) mass is 326 g/mol. The molecule has 0 fully saturated rings. The highest BCUT2D eigenvalue weighted by molar-refractivity contribution is 7.19. The Morgan fingerprint density at radius 3 is 2.18 bits per heavy atom. The zero-order valence-corrected chi connectivity index (χ0v) is 13.4. The van der Waals surface area contributed by atoms with Crippen LogP contribution in [0, 0.1) is 0 Å². The van der Waals surface area contributed by atoms with E-state index in [0.29, 0.717) is 6.42 Å². The van der Waals surface area contributed by atoms with Gasteiger partial charge in [-0.1, -0.05) is 24.3 Å². The Morgan fingerprint density at radius 1 is 0.864 bits per heavy atom. The third kappa shape index (κ3) is 2.63. The molecule has 0 spiro atoms. The van der Waals surface area contributed by atoms with Gasteiger partial charge in [0.05, 0.1) is 25.4 Å². The number of benzene rings is 2. The van der Waals surface area contributed by atoms with Crippen molar-refractivity contribution >= 4 is 43.1 Å². The van der Waals surface area contributed by atoms with Crippen LogP contribution in [-0.4, -0.2) is 15.1 Å². The fourth-order valence-electron chi connectivity index (χ4n) is 2.44. The first-order chi connectivity index (χ1) is 10.8. The maximum absolute atomic E-state index is 10.4. The van der Waals surface area contributed by atoms with Crippen LogP contribution in [0.3, 0.4) is 0 Å². The summed E-state index contributed by atoms with van der Waals surface area (Å²) in [5, 5.41) is 12.2. The second kappa shape index (κ2) is 5.76. The largest absolute Gasteiger partial charge is 0.386 e. The van der Waals surface area contributed by atoms with Gasteiger partial charge in [0, 0.05) is 6.42 Å². The summed E-state index contributed by atoms with van der Waals surface area (Å²) in [6.45, 7) is 0. The number of aliphatic hydroxyl groups excluding tert-OH is 1. The lowest BCUT2D eigenvalue weighted by atomic mass is 10.2. The van der Waals surface area contributed by atoms with Gasteiger partial charge in [-0.2, -0.15) is 0 Å². The molecule has 2 heterocycles. The summed E-state index contributed by atoms with van der Waals surface area (Å²) < 4.78 is 2.32. The van der Waals surface area contributed by atoms with Gasteiger partial charge >= 0.3 is 0 Å². The molecule has 3 nitrogen and oxygen atoms in total. The zero-order chi connectivity index (χ0) is 14.9. The van der Waals surface area contributed by atoms with Crippen molar-refractivity contribution in [3.8, 4) is 0 Å². The molecule has 1 atom stereocenters. The highest BCUT2D eigenvalue weighted by atomic mass is 32.1. The van der Waals surface area contributed by atoms with Crippen LogP contribution in [-0.2, 0) is 6.42 Å². The van der Waals surface area contributed by atoms with Crippen molar-refractivity contribution < 1.29 is 5.11 Å². The smallest absolute Gasteiger partial charge is 0.123 e. The fraction of sp³-hybridized carbons (Fsp3) is 0.176. The molecule has 22 heavy (non-hydrogen) atoms. The third-order valence-electron chi connectivity index (χ3n) is 3.57. The van der Waals surface area contributed by atoms with E-state index in [0.717, 1.165) is 32.2 Å². The Labute approximate surface area is 135 Å². The molecule has 4 rings (SSSR count). The van der Waals surface area contributed by atoms with E-state index < -0.39 is 6.10 Å². The maximum atomic E-state index is 10.4. The first-order valence-electron chi connectivity index (χ1n) is 7.17. The van der Waals surface area contributed by atoms with Gasteiger partial charge in [-0.3, -0.25) is 0 Å². The average Bonchev–Trinajstić information content (AvgIpc) is 3.15. The highest BCUT2D eigenvalue weighted by Crippen LogP contribution is 2.30. The van der Waals surface area contributed by atoms with Crippen molar-refractivity contribution in [2.75, 3.05) is 0 Å². The van der Waals surface area contributed by atoms with Gasteiger partial charge in [0.1, 0.15) is 11.1 Å². The minimum Gasteiger partial charge on any atom is -0.386 e. The lowest BCUT2D eigenvalue weighted by Gasteiger charge is -2.04. The van der Waals surface area contributed by atoms with E-state index in [-0.39, 0.29) is 0 Å². The van der Waals surface area contributed by atoms with Crippen LogP contribution < -0.4 is 0 Å². The summed E-state index contributed by atoms with van der Waals surface area (Å²) in [6, 6.07) is 16.1. The summed E-state index contributed by atoms with van der Waals surface area (Å²) in [5.41, 5.74) is 2.00. The summed E-state index contributed by atoms with van der Waals surface area (Å²) in [7, 11) is 0. The number of hydrogen-bond acceptors (Lipinski definition) is 5. The highest BCUT2D eigenvalue weighted by Gasteiger charge is 2.14. The van der Waals surface area contributed by atoms with Crippen LogP contribution in [0.5, 0.6) is 0 Å². The second-order valence-electron chi connectivity index (χ2n) is 5.15. The summed E-state index contributed by atoms with van der Waals surface area (Å²) in [5.74, 6) is 0. The maximum Gasteiger partial charge on any atom is 0.123 e. The van der Waals surface area contributed by atoms with Crippen molar-refractivity contribution in [1.29, 1.82) is 0 Å². The molecular formula is C17H14N2OS2. The van der Waals surface area contributed by atoms with E-state index in [9.17, 15) is 5.11 Å². The van der Waals surface area contributed by atoms with Gasteiger partial charge in [-0.25, -0.2) is 9.97 Å². The Morgan fingerprint density at radius 2 is 1.50 bits per heavy atom. The Balaban J connectivity index is 1.50. The van der Waals surface area contributed by atoms with Gasteiger partial charge < -0.3 is 5.11 Å². The molecule has 2 aromatic carbocycles. The number of hydrogen-bond donors (Lipinski definition) is 1. The van der Waals surface area contributed by atoms with Gasteiger partial charge in [-0.05, 0) is 30.7 Å². The molecule has 2 aromatic heterocycles. The first-order valence-corrected chi connectivity index (χ1v) is 8.81. The predicted octanol–water partition coefficient (Wildman–Crippen LogP) is 4.57. The second-order valence-corrected chi connectivity index (χ2v) is 7.33. The van der Waals surface area contributed by atoms with Crippen molar-refractivity contribution in [2.45, 2.75) is 18.9 Å². The average molecular weight is 326 g/mol. The molecule has 0 saturated carbocycles. The number of fused-ring (bicyclic) bond motifs is 2. The van der Waals surface area contributed by atoms with Crippen molar-refractivity contribution in [2.24, 2.45) is 0 Å². The number of rotatable bonds is 4.